The van der Waals surface area contributed by atoms with Crippen LogP contribution in [0.3, 0.4) is 0 Å². The van der Waals surface area contributed by atoms with Gasteiger partial charge in [0.25, 0.3) is 0 Å². The summed E-state index contributed by atoms with van der Waals surface area (Å²) in [5, 5.41) is 5.67. The van der Waals surface area contributed by atoms with E-state index in [4.69, 9.17) is 0 Å². The maximum absolute atomic E-state index is 3.47. The third-order valence-corrected chi connectivity index (χ3v) is 3.93. The Morgan fingerprint density at radius 3 is 3.00 bits per heavy atom. The summed E-state index contributed by atoms with van der Waals surface area (Å²) < 4.78 is 1.23. The van der Waals surface area contributed by atoms with E-state index in [1.54, 1.807) is 11.3 Å². The molecule has 0 spiro atoms. The van der Waals surface area contributed by atoms with Crippen molar-refractivity contribution in [2.45, 2.75) is 25.8 Å². The highest BCUT2D eigenvalue weighted by Crippen LogP contribution is 2.31. The van der Waals surface area contributed by atoms with Gasteiger partial charge in [0.2, 0.25) is 0 Å². The normalized spacial score (nSPS) is 16.4. The molecule has 72 valence electrons. The monoisotopic (exact) mass is 259 g/mol. The van der Waals surface area contributed by atoms with Gasteiger partial charge in [-0.3, -0.25) is 0 Å². The van der Waals surface area contributed by atoms with Crippen molar-refractivity contribution in [2.24, 2.45) is 5.92 Å². The van der Waals surface area contributed by atoms with Gasteiger partial charge >= 0.3 is 0 Å². The van der Waals surface area contributed by atoms with Gasteiger partial charge in [-0.15, -0.1) is 11.3 Å². The van der Waals surface area contributed by atoms with E-state index in [0.717, 1.165) is 12.5 Å². The molecular weight excluding hydrogens is 246 g/mol. The number of hydrogen-bond acceptors (Lipinski definition) is 2. The Kier molecular flexibility index (Phi) is 3.41. The van der Waals surface area contributed by atoms with Crippen molar-refractivity contribution in [3.63, 3.8) is 0 Å². The molecule has 1 aliphatic rings. The van der Waals surface area contributed by atoms with Gasteiger partial charge in [0.05, 0.1) is 3.79 Å². The first-order valence-electron chi connectivity index (χ1n) is 4.78. The van der Waals surface area contributed by atoms with Crippen molar-refractivity contribution < 1.29 is 0 Å². The lowest BCUT2D eigenvalue weighted by atomic mass is 10.3. The van der Waals surface area contributed by atoms with Crippen LogP contribution in [0.15, 0.2) is 15.2 Å². The maximum atomic E-state index is 3.47. The molecule has 3 heteroatoms. The first kappa shape index (κ1) is 9.69. The van der Waals surface area contributed by atoms with Gasteiger partial charge in [0, 0.05) is 6.54 Å². The lowest BCUT2D eigenvalue weighted by molar-refractivity contribution is 0.613. The zero-order valence-corrected chi connectivity index (χ0v) is 9.96. The van der Waals surface area contributed by atoms with E-state index in [1.807, 2.05) is 0 Å². The first-order chi connectivity index (χ1) is 6.34. The second-order valence-electron chi connectivity index (χ2n) is 3.67. The van der Waals surface area contributed by atoms with Crippen LogP contribution >= 0.6 is 27.3 Å². The van der Waals surface area contributed by atoms with Gasteiger partial charge in [-0.05, 0) is 51.8 Å². The number of nitrogens with one attached hydrogen (secondary N) is 1. The first-order valence-corrected chi connectivity index (χ1v) is 6.45. The van der Waals surface area contributed by atoms with Crippen LogP contribution in [0.4, 0.5) is 0 Å². The summed E-state index contributed by atoms with van der Waals surface area (Å²) in [6.07, 6.45) is 4.29. The van der Waals surface area contributed by atoms with E-state index in [2.05, 4.69) is 32.7 Å². The zero-order chi connectivity index (χ0) is 9.10. The smallest absolute Gasteiger partial charge is 0.0701 e. The molecule has 1 aliphatic carbocycles. The summed E-state index contributed by atoms with van der Waals surface area (Å²) in [5.74, 6) is 1.04. The minimum atomic E-state index is 1.02. The van der Waals surface area contributed by atoms with E-state index in [9.17, 15) is 0 Å². The highest BCUT2D eigenvalue weighted by molar-refractivity contribution is 9.11. The fourth-order valence-electron chi connectivity index (χ4n) is 1.38. The quantitative estimate of drug-likeness (QED) is 0.800. The highest BCUT2D eigenvalue weighted by Gasteiger charge is 2.19. The molecule has 1 nitrogen and oxygen atoms in total. The Hall–Kier alpha value is 0.140. The highest BCUT2D eigenvalue weighted by atomic mass is 79.9. The Morgan fingerprint density at radius 2 is 2.38 bits per heavy atom. The van der Waals surface area contributed by atoms with Crippen molar-refractivity contribution in [3.8, 4) is 0 Å². The van der Waals surface area contributed by atoms with Crippen molar-refractivity contribution >= 4 is 27.3 Å². The SMILES string of the molecule is Brc1cc(CNCCC2CC2)cs1. The van der Waals surface area contributed by atoms with Crippen LogP contribution in [0.25, 0.3) is 0 Å². The van der Waals surface area contributed by atoms with E-state index >= 15 is 0 Å². The standard InChI is InChI=1S/C10H14BrNS/c11-10-5-9(7-13-10)6-12-4-3-8-1-2-8/h5,7-8,12H,1-4,6H2. The predicted octanol–water partition coefficient (Wildman–Crippen LogP) is 3.40. The molecule has 0 saturated heterocycles. The van der Waals surface area contributed by atoms with Crippen molar-refractivity contribution in [3.05, 3.63) is 20.8 Å². The number of halogens is 1. The summed E-state index contributed by atoms with van der Waals surface area (Å²) in [4.78, 5) is 0. The molecule has 1 fully saturated rings. The topological polar surface area (TPSA) is 12.0 Å². The third kappa shape index (κ3) is 3.41. The molecule has 1 aromatic rings. The predicted molar refractivity (Wildman–Crippen MR) is 61.1 cm³/mol. The Bertz CT molecular complexity index is 268. The molecule has 0 radical (unpaired) electrons. The van der Waals surface area contributed by atoms with Gasteiger partial charge in [-0.25, -0.2) is 0 Å². The van der Waals surface area contributed by atoms with E-state index in [-0.39, 0.29) is 0 Å². The average molecular weight is 260 g/mol. The lowest BCUT2D eigenvalue weighted by Crippen LogP contribution is -2.14. The van der Waals surface area contributed by atoms with Crippen LogP contribution in [0, 0.1) is 5.92 Å². The molecule has 0 aliphatic heterocycles. The average Bonchev–Trinajstić information content (AvgIpc) is 2.84. The second kappa shape index (κ2) is 4.58. The van der Waals surface area contributed by atoms with Gasteiger partial charge in [0.1, 0.15) is 0 Å². The van der Waals surface area contributed by atoms with Crippen LogP contribution in [0.1, 0.15) is 24.8 Å². The lowest BCUT2D eigenvalue weighted by Gasteiger charge is -2.01. The van der Waals surface area contributed by atoms with E-state index < -0.39 is 0 Å². The maximum Gasteiger partial charge on any atom is 0.0701 e. The van der Waals surface area contributed by atoms with Crippen molar-refractivity contribution in [1.82, 2.24) is 5.32 Å². The molecule has 1 N–H and O–H groups in total. The Morgan fingerprint density at radius 1 is 1.54 bits per heavy atom. The number of thiophene rings is 1. The number of hydrogen-bond donors (Lipinski definition) is 1. The van der Waals surface area contributed by atoms with Crippen LogP contribution in [-0.4, -0.2) is 6.54 Å². The van der Waals surface area contributed by atoms with Crippen LogP contribution < -0.4 is 5.32 Å². The van der Waals surface area contributed by atoms with Crippen molar-refractivity contribution in [1.29, 1.82) is 0 Å². The summed E-state index contributed by atoms with van der Waals surface area (Å²) >= 11 is 5.22. The fraction of sp³-hybridized carbons (Fsp3) is 0.600. The summed E-state index contributed by atoms with van der Waals surface area (Å²) in [6, 6.07) is 2.19. The molecule has 0 unspecified atom stereocenters. The molecular formula is C10H14BrNS. The largest absolute Gasteiger partial charge is 0.313 e. The van der Waals surface area contributed by atoms with Crippen LogP contribution in [0.5, 0.6) is 0 Å². The molecule has 1 heterocycles. The Labute approximate surface area is 91.7 Å². The van der Waals surface area contributed by atoms with Gasteiger partial charge in [-0.1, -0.05) is 12.8 Å². The third-order valence-electron chi connectivity index (χ3n) is 2.38. The Balaban J connectivity index is 1.61. The van der Waals surface area contributed by atoms with Gasteiger partial charge in [-0.2, -0.15) is 0 Å². The second-order valence-corrected chi connectivity index (χ2v) is 5.96. The minimum Gasteiger partial charge on any atom is -0.313 e. The van der Waals surface area contributed by atoms with Crippen molar-refractivity contribution in [2.75, 3.05) is 6.54 Å². The molecule has 0 aromatic carbocycles. The molecule has 1 saturated carbocycles. The zero-order valence-electron chi connectivity index (χ0n) is 7.55. The van der Waals surface area contributed by atoms with E-state index in [1.165, 1.54) is 35.2 Å². The summed E-state index contributed by atoms with van der Waals surface area (Å²) in [7, 11) is 0. The minimum absolute atomic E-state index is 1.02. The molecule has 0 atom stereocenters. The van der Waals surface area contributed by atoms with Crippen LogP contribution in [-0.2, 0) is 6.54 Å². The summed E-state index contributed by atoms with van der Waals surface area (Å²) in [6.45, 7) is 2.20. The number of rotatable bonds is 5. The fourth-order valence-corrected chi connectivity index (χ4v) is 2.59. The molecule has 0 bridgehead atoms. The molecule has 0 amide bonds. The summed E-state index contributed by atoms with van der Waals surface area (Å²) in [5.41, 5.74) is 1.40. The van der Waals surface area contributed by atoms with Gasteiger partial charge in [0.15, 0.2) is 0 Å². The van der Waals surface area contributed by atoms with Crippen LogP contribution in [0.2, 0.25) is 0 Å². The molecule has 13 heavy (non-hydrogen) atoms. The molecule has 2 rings (SSSR count). The van der Waals surface area contributed by atoms with E-state index in [0.29, 0.717) is 0 Å². The molecule has 1 aromatic heterocycles. The van der Waals surface area contributed by atoms with Gasteiger partial charge < -0.3 is 5.32 Å².